The Morgan fingerprint density at radius 3 is 2.47 bits per heavy atom. The van der Waals surface area contributed by atoms with Crippen LogP contribution in [-0.4, -0.2) is 47.5 Å². The minimum atomic E-state index is 0.0524. The van der Waals surface area contributed by atoms with Gasteiger partial charge in [0, 0.05) is 13.1 Å². The number of carbonyl (C=O) groups excluding carboxylic acids is 1. The molecule has 0 radical (unpaired) electrons. The average molecular weight is 242 g/mol. The van der Waals surface area contributed by atoms with Gasteiger partial charge in [0.05, 0.1) is 11.8 Å². The van der Waals surface area contributed by atoms with Crippen LogP contribution in [0.1, 0.15) is 39.5 Å². The summed E-state index contributed by atoms with van der Waals surface area (Å²) in [6.07, 6.45) is 3.33. The number of ether oxygens (including phenoxy) is 1. The van der Waals surface area contributed by atoms with Crippen molar-refractivity contribution in [2.75, 3.05) is 19.7 Å². The van der Waals surface area contributed by atoms with E-state index in [1.807, 2.05) is 13.8 Å². The molecular weight excluding hydrogens is 220 g/mol. The van der Waals surface area contributed by atoms with Crippen LogP contribution in [0.15, 0.2) is 5.16 Å². The molecule has 5 nitrogen and oxygen atoms in total. The highest BCUT2D eigenvalue weighted by atomic mass is 16.5. The van der Waals surface area contributed by atoms with Crippen molar-refractivity contribution >= 4 is 11.6 Å². The van der Waals surface area contributed by atoms with E-state index >= 15 is 0 Å². The molecule has 1 aliphatic carbocycles. The van der Waals surface area contributed by atoms with Crippen molar-refractivity contribution in [1.29, 1.82) is 0 Å². The molecule has 1 fully saturated rings. The third-order valence-electron chi connectivity index (χ3n) is 3.21. The van der Waals surface area contributed by atoms with E-state index in [9.17, 15) is 4.79 Å². The van der Waals surface area contributed by atoms with Crippen LogP contribution in [0, 0.1) is 0 Å². The maximum Gasteiger partial charge on any atom is 0.248 e. The predicted molar refractivity (Wildman–Crippen MR) is 65.4 cm³/mol. The van der Waals surface area contributed by atoms with Crippen LogP contribution in [0.2, 0.25) is 0 Å². The Morgan fingerprint density at radius 1 is 1.41 bits per heavy atom. The van der Waals surface area contributed by atoms with E-state index in [4.69, 9.17) is 9.94 Å². The van der Waals surface area contributed by atoms with Crippen LogP contribution < -0.4 is 0 Å². The van der Waals surface area contributed by atoms with Gasteiger partial charge in [0.15, 0.2) is 0 Å². The second kappa shape index (κ2) is 7.27. The minimum absolute atomic E-state index is 0.0524. The van der Waals surface area contributed by atoms with Gasteiger partial charge < -0.3 is 14.8 Å². The van der Waals surface area contributed by atoms with Gasteiger partial charge >= 0.3 is 0 Å². The van der Waals surface area contributed by atoms with Crippen LogP contribution in [0.5, 0.6) is 0 Å². The molecule has 0 unspecified atom stereocenters. The van der Waals surface area contributed by atoms with Gasteiger partial charge in [-0.15, -0.1) is 0 Å². The third-order valence-corrected chi connectivity index (χ3v) is 3.21. The molecule has 0 saturated heterocycles. The molecule has 0 aromatic rings. The summed E-state index contributed by atoms with van der Waals surface area (Å²) >= 11 is 0. The predicted octanol–water partition coefficient (Wildman–Crippen LogP) is 1.64. The smallest absolute Gasteiger partial charge is 0.248 e. The van der Waals surface area contributed by atoms with Gasteiger partial charge in [-0.3, -0.25) is 4.79 Å². The first kappa shape index (κ1) is 14.0. The lowest BCUT2D eigenvalue weighted by molar-refractivity contribution is -0.138. The number of likely N-dealkylation sites (N-methyl/N-ethyl adjacent to an activating group) is 1. The standard InChI is InChI=1S/C12H22N2O3/c1-3-14(4-2)12(15)9-17-11-7-5-10(13-16)6-8-11/h11,16H,3-9H2,1-2H3. The van der Waals surface area contributed by atoms with Crippen LogP contribution in [0.4, 0.5) is 0 Å². The van der Waals surface area contributed by atoms with E-state index in [0.29, 0.717) is 0 Å². The number of hydrogen-bond donors (Lipinski definition) is 1. The van der Waals surface area contributed by atoms with Crippen molar-refractivity contribution in [3.8, 4) is 0 Å². The van der Waals surface area contributed by atoms with Crippen molar-refractivity contribution in [3.05, 3.63) is 0 Å². The highest BCUT2D eigenvalue weighted by molar-refractivity contribution is 5.84. The van der Waals surface area contributed by atoms with Gasteiger partial charge in [-0.1, -0.05) is 5.16 Å². The van der Waals surface area contributed by atoms with Crippen LogP contribution in [-0.2, 0) is 9.53 Å². The first-order chi connectivity index (χ1) is 8.21. The first-order valence-electron chi connectivity index (χ1n) is 6.30. The van der Waals surface area contributed by atoms with E-state index in [1.165, 1.54) is 0 Å². The van der Waals surface area contributed by atoms with Crippen molar-refractivity contribution in [3.63, 3.8) is 0 Å². The van der Waals surface area contributed by atoms with Crippen molar-refractivity contribution in [2.45, 2.75) is 45.6 Å². The SMILES string of the molecule is CCN(CC)C(=O)COC1CCC(=NO)CC1. The number of rotatable bonds is 5. The zero-order valence-electron chi connectivity index (χ0n) is 10.7. The number of nitrogens with zero attached hydrogens (tertiary/aromatic N) is 2. The molecule has 1 N–H and O–H groups in total. The molecule has 0 aliphatic heterocycles. The highest BCUT2D eigenvalue weighted by Crippen LogP contribution is 2.18. The number of oxime groups is 1. The van der Waals surface area contributed by atoms with E-state index in [2.05, 4.69) is 5.16 Å². The van der Waals surface area contributed by atoms with Gasteiger partial charge in [-0.25, -0.2) is 0 Å². The fourth-order valence-corrected chi connectivity index (χ4v) is 2.05. The normalized spacial score (nSPS) is 20.1. The molecule has 0 bridgehead atoms. The minimum Gasteiger partial charge on any atom is -0.411 e. The van der Waals surface area contributed by atoms with E-state index < -0.39 is 0 Å². The summed E-state index contributed by atoms with van der Waals surface area (Å²) in [5.41, 5.74) is 0.833. The molecule has 1 saturated carbocycles. The zero-order chi connectivity index (χ0) is 12.7. The molecular formula is C12H22N2O3. The van der Waals surface area contributed by atoms with Gasteiger partial charge in [-0.05, 0) is 39.5 Å². The Hall–Kier alpha value is -1.10. The summed E-state index contributed by atoms with van der Waals surface area (Å²) in [7, 11) is 0. The summed E-state index contributed by atoms with van der Waals surface area (Å²) in [4.78, 5) is 13.5. The van der Waals surface area contributed by atoms with Crippen molar-refractivity contribution in [2.24, 2.45) is 5.16 Å². The molecule has 17 heavy (non-hydrogen) atoms. The first-order valence-corrected chi connectivity index (χ1v) is 6.30. The molecule has 0 atom stereocenters. The molecule has 0 heterocycles. The maximum absolute atomic E-state index is 11.7. The Bertz CT molecular complexity index is 265. The van der Waals surface area contributed by atoms with Crippen LogP contribution in [0.3, 0.4) is 0 Å². The average Bonchev–Trinajstić information content (AvgIpc) is 2.38. The summed E-state index contributed by atoms with van der Waals surface area (Å²) in [5.74, 6) is 0.0524. The summed E-state index contributed by atoms with van der Waals surface area (Å²) in [6, 6.07) is 0. The van der Waals surface area contributed by atoms with E-state index in [1.54, 1.807) is 4.90 Å². The zero-order valence-corrected chi connectivity index (χ0v) is 10.7. The molecule has 0 aromatic carbocycles. The topological polar surface area (TPSA) is 62.1 Å². The molecule has 5 heteroatoms. The highest BCUT2D eigenvalue weighted by Gasteiger charge is 2.20. The van der Waals surface area contributed by atoms with Gasteiger partial charge in [0.2, 0.25) is 5.91 Å². The van der Waals surface area contributed by atoms with Crippen LogP contribution in [0.25, 0.3) is 0 Å². The molecule has 98 valence electrons. The second-order valence-corrected chi connectivity index (χ2v) is 4.24. The Kier molecular flexibility index (Phi) is 5.97. The Balaban J connectivity index is 2.25. The Labute approximate surface area is 102 Å². The third kappa shape index (κ3) is 4.34. The quantitative estimate of drug-likeness (QED) is 0.589. The fraction of sp³-hybridized carbons (Fsp3) is 0.833. The lowest BCUT2D eigenvalue weighted by atomic mass is 9.96. The lowest BCUT2D eigenvalue weighted by Crippen LogP contribution is -2.35. The van der Waals surface area contributed by atoms with E-state index in [0.717, 1.165) is 44.5 Å². The molecule has 0 spiro atoms. The largest absolute Gasteiger partial charge is 0.411 e. The van der Waals surface area contributed by atoms with Gasteiger partial charge in [0.1, 0.15) is 6.61 Å². The van der Waals surface area contributed by atoms with Gasteiger partial charge in [-0.2, -0.15) is 0 Å². The number of hydrogen-bond acceptors (Lipinski definition) is 4. The van der Waals surface area contributed by atoms with Gasteiger partial charge in [0.25, 0.3) is 0 Å². The van der Waals surface area contributed by atoms with Crippen molar-refractivity contribution < 1.29 is 14.7 Å². The summed E-state index contributed by atoms with van der Waals surface area (Å²) < 4.78 is 5.59. The Morgan fingerprint density at radius 2 is 2.00 bits per heavy atom. The molecule has 1 rings (SSSR count). The second-order valence-electron chi connectivity index (χ2n) is 4.24. The summed E-state index contributed by atoms with van der Waals surface area (Å²) in [6.45, 7) is 5.55. The van der Waals surface area contributed by atoms with Crippen LogP contribution >= 0.6 is 0 Å². The summed E-state index contributed by atoms with van der Waals surface area (Å²) in [5, 5.41) is 11.8. The number of amides is 1. The van der Waals surface area contributed by atoms with Crippen molar-refractivity contribution in [1.82, 2.24) is 4.90 Å². The maximum atomic E-state index is 11.7. The molecule has 0 aromatic heterocycles. The molecule has 1 aliphatic rings. The number of carbonyl (C=O) groups is 1. The van der Waals surface area contributed by atoms with E-state index in [-0.39, 0.29) is 18.6 Å². The monoisotopic (exact) mass is 242 g/mol. The lowest BCUT2D eigenvalue weighted by Gasteiger charge is -2.24. The molecule has 1 amide bonds. The fourth-order valence-electron chi connectivity index (χ4n) is 2.05.